The lowest BCUT2D eigenvalue weighted by Gasteiger charge is -2.19. The van der Waals surface area contributed by atoms with Gasteiger partial charge in [-0.3, -0.25) is 14.4 Å². The van der Waals surface area contributed by atoms with E-state index in [4.69, 9.17) is 9.47 Å². The van der Waals surface area contributed by atoms with Crippen LogP contribution in [0.2, 0.25) is 0 Å². The standard InChI is InChI=1S/C23H25N3O5/c1-3-25(4-2)23(29)15-5-7-17(8-6-15)24-22(28)16-11-21(27)26(13-16)18-9-10-19-20(12-18)31-14-30-19/h5-10,12,16H,3-4,11,13-14H2,1-2H3,(H,24,28). The summed E-state index contributed by atoms with van der Waals surface area (Å²) in [6, 6.07) is 12.1. The summed E-state index contributed by atoms with van der Waals surface area (Å²) in [6.45, 7) is 5.62. The summed E-state index contributed by atoms with van der Waals surface area (Å²) in [6.07, 6.45) is 0.138. The predicted octanol–water partition coefficient (Wildman–Crippen LogP) is 2.89. The van der Waals surface area contributed by atoms with Gasteiger partial charge in [0.2, 0.25) is 18.6 Å². The summed E-state index contributed by atoms with van der Waals surface area (Å²) in [4.78, 5) is 41.0. The molecule has 31 heavy (non-hydrogen) atoms. The number of nitrogens with one attached hydrogen (secondary N) is 1. The first-order chi connectivity index (χ1) is 15.0. The van der Waals surface area contributed by atoms with Crippen molar-refractivity contribution < 1.29 is 23.9 Å². The van der Waals surface area contributed by atoms with Crippen LogP contribution in [0.25, 0.3) is 0 Å². The van der Waals surface area contributed by atoms with Crippen molar-refractivity contribution >= 4 is 29.1 Å². The Hall–Kier alpha value is -3.55. The van der Waals surface area contributed by atoms with E-state index in [1.54, 1.807) is 52.3 Å². The summed E-state index contributed by atoms with van der Waals surface area (Å²) in [7, 11) is 0. The average molecular weight is 423 g/mol. The number of rotatable bonds is 6. The van der Waals surface area contributed by atoms with Crippen LogP contribution >= 0.6 is 0 Å². The second-order valence-electron chi connectivity index (χ2n) is 7.49. The molecule has 1 saturated heterocycles. The Balaban J connectivity index is 1.39. The largest absolute Gasteiger partial charge is 0.454 e. The van der Waals surface area contributed by atoms with Gasteiger partial charge in [-0.1, -0.05) is 0 Å². The Morgan fingerprint density at radius 3 is 2.48 bits per heavy atom. The van der Waals surface area contributed by atoms with E-state index in [0.29, 0.717) is 48.1 Å². The van der Waals surface area contributed by atoms with Gasteiger partial charge in [0.25, 0.3) is 5.91 Å². The van der Waals surface area contributed by atoms with Crippen LogP contribution in [0.3, 0.4) is 0 Å². The Morgan fingerprint density at radius 1 is 1.06 bits per heavy atom. The van der Waals surface area contributed by atoms with E-state index in [1.807, 2.05) is 13.8 Å². The third-order valence-electron chi connectivity index (χ3n) is 5.61. The number of hydrogen-bond donors (Lipinski definition) is 1. The first kappa shape index (κ1) is 20.7. The molecule has 8 heteroatoms. The Bertz CT molecular complexity index is 1000. The number of benzene rings is 2. The summed E-state index contributed by atoms with van der Waals surface area (Å²) in [5.41, 5.74) is 1.85. The molecule has 4 rings (SSSR count). The highest BCUT2D eigenvalue weighted by Crippen LogP contribution is 2.37. The number of carbonyl (C=O) groups is 3. The summed E-state index contributed by atoms with van der Waals surface area (Å²) in [5, 5.41) is 2.85. The van der Waals surface area contributed by atoms with Gasteiger partial charge in [-0.15, -0.1) is 0 Å². The van der Waals surface area contributed by atoms with E-state index in [1.165, 1.54) is 0 Å². The van der Waals surface area contributed by atoms with Crippen LogP contribution in [0.5, 0.6) is 11.5 Å². The molecule has 0 saturated carbocycles. The van der Waals surface area contributed by atoms with E-state index in [9.17, 15) is 14.4 Å². The molecular weight excluding hydrogens is 398 g/mol. The molecular formula is C23H25N3O5. The fraction of sp³-hybridized carbons (Fsp3) is 0.348. The van der Waals surface area contributed by atoms with Crippen molar-refractivity contribution in [3.05, 3.63) is 48.0 Å². The number of ether oxygens (including phenoxy) is 2. The molecule has 2 aromatic rings. The summed E-state index contributed by atoms with van der Waals surface area (Å²) >= 11 is 0. The minimum Gasteiger partial charge on any atom is -0.454 e. The first-order valence-corrected chi connectivity index (χ1v) is 10.4. The van der Waals surface area contributed by atoms with Gasteiger partial charge in [-0.2, -0.15) is 0 Å². The minimum absolute atomic E-state index is 0.0383. The quantitative estimate of drug-likeness (QED) is 0.772. The lowest BCUT2D eigenvalue weighted by Crippen LogP contribution is -2.30. The Labute approximate surface area is 180 Å². The van der Waals surface area contributed by atoms with Crippen LogP contribution in [0.15, 0.2) is 42.5 Å². The third-order valence-corrected chi connectivity index (χ3v) is 5.61. The van der Waals surface area contributed by atoms with Gasteiger partial charge < -0.3 is 24.6 Å². The maximum Gasteiger partial charge on any atom is 0.253 e. The predicted molar refractivity (Wildman–Crippen MR) is 115 cm³/mol. The third kappa shape index (κ3) is 4.19. The van der Waals surface area contributed by atoms with Crippen molar-refractivity contribution in [2.24, 2.45) is 5.92 Å². The number of fused-ring (bicyclic) bond motifs is 1. The second-order valence-corrected chi connectivity index (χ2v) is 7.49. The van der Waals surface area contributed by atoms with Crippen LogP contribution in [-0.4, -0.2) is 49.0 Å². The molecule has 3 amide bonds. The minimum atomic E-state index is -0.463. The molecule has 1 N–H and O–H groups in total. The van der Waals surface area contributed by atoms with E-state index >= 15 is 0 Å². The SMILES string of the molecule is CCN(CC)C(=O)c1ccc(NC(=O)C2CC(=O)N(c3ccc4c(c3)OCO4)C2)cc1. The van der Waals surface area contributed by atoms with Gasteiger partial charge >= 0.3 is 0 Å². The van der Waals surface area contributed by atoms with Gasteiger partial charge in [0.15, 0.2) is 11.5 Å². The molecule has 2 aromatic carbocycles. The van der Waals surface area contributed by atoms with Gasteiger partial charge in [0.1, 0.15) is 0 Å². The summed E-state index contributed by atoms with van der Waals surface area (Å²) < 4.78 is 10.7. The highest BCUT2D eigenvalue weighted by Gasteiger charge is 2.35. The molecule has 0 bridgehead atoms. The highest BCUT2D eigenvalue weighted by molar-refractivity contribution is 6.04. The van der Waals surface area contributed by atoms with Crippen LogP contribution in [-0.2, 0) is 9.59 Å². The van der Waals surface area contributed by atoms with Crippen molar-refractivity contribution in [1.29, 1.82) is 0 Å². The van der Waals surface area contributed by atoms with Crippen molar-refractivity contribution in [3.63, 3.8) is 0 Å². The molecule has 0 aliphatic carbocycles. The van der Waals surface area contributed by atoms with E-state index in [2.05, 4.69) is 5.32 Å². The molecule has 1 unspecified atom stereocenters. The molecule has 162 valence electrons. The molecule has 2 heterocycles. The zero-order chi connectivity index (χ0) is 22.0. The first-order valence-electron chi connectivity index (χ1n) is 10.4. The number of anilines is 2. The lowest BCUT2D eigenvalue weighted by molar-refractivity contribution is -0.122. The molecule has 0 radical (unpaired) electrons. The summed E-state index contributed by atoms with van der Waals surface area (Å²) in [5.74, 6) is 0.405. The van der Waals surface area contributed by atoms with E-state index in [0.717, 1.165) is 0 Å². The maximum atomic E-state index is 12.7. The smallest absolute Gasteiger partial charge is 0.253 e. The van der Waals surface area contributed by atoms with Crippen LogP contribution in [0, 0.1) is 5.92 Å². The molecule has 2 aliphatic heterocycles. The van der Waals surface area contributed by atoms with E-state index in [-0.39, 0.29) is 30.9 Å². The molecule has 0 aromatic heterocycles. The van der Waals surface area contributed by atoms with Crippen LogP contribution < -0.4 is 19.7 Å². The van der Waals surface area contributed by atoms with Crippen LogP contribution in [0.4, 0.5) is 11.4 Å². The molecule has 2 aliphatic rings. The van der Waals surface area contributed by atoms with E-state index < -0.39 is 5.92 Å². The lowest BCUT2D eigenvalue weighted by atomic mass is 10.1. The fourth-order valence-electron chi connectivity index (χ4n) is 3.82. The van der Waals surface area contributed by atoms with Crippen molar-refractivity contribution in [1.82, 2.24) is 4.90 Å². The maximum absolute atomic E-state index is 12.7. The highest BCUT2D eigenvalue weighted by atomic mass is 16.7. The average Bonchev–Trinajstić information content (AvgIpc) is 3.41. The number of hydrogen-bond acceptors (Lipinski definition) is 5. The Kier molecular flexibility index (Phi) is 5.79. The van der Waals surface area contributed by atoms with Gasteiger partial charge in [0, 0.05) is 49.1 Å². The second kappa shape index (κ2) is 8.67. The Morgan fingerprint density at radius 2 is 1.77 bits per heavy atom. The molecule has 1 fully saturated rings. The molecule has 8 nitrogen and oxygen atoms in total. The number of nitrogens with zero attached hydrogens (tertiary/aromatic N) is 2. The van der Waals surface area contributed by atoms with Crippen molar-refractivity contribution in [2.75, 3.05) is 36.6 Å². The molecule has 0 spiro atoms. The monoisotopic (exact) mass is 423 g/mol. The topological polar surface area (TPSA) is 88.2 Å². The zero-order valence-corrected chi connectivity index (χ0v) is 17.6. The van der Waals surface area contributed by atoms with Crippen molar-refractivity contribution in [2.45, 2.75) is 20.3 Å². The van der Waals surface area contributed by atoms with Gasteiger partial charge in [-0.25, -0.2) is 0 Å². The molecule has 1 atom stereocenters. The fourth-order valence-corrected chi connectivity index (χ4v) is 3.82. The van der Waals surface area contributed by atoms with Crippen LogP contribution in [0.1, 0.15) is 30.6 Å². The number of amides is 3. The van der Waals surface area contributed by atoms with Crippen molar-refractivity contribution in [3.8, 4) is 11.5 Å². The zero-order valence-electron chi connectivity index (χ0n) is 17.6. The van der Waals surface area contributed by atoms with Gasteiger partial charge in [-0.05, 0) is 50.2 Å². The number of carbonyl (C=O) groups excluding carboxylic acids is 3. The van der Waals surface area contributed by atoms with Gasteiger partial charge in [0.05, 0.1) is 5.92 Å². The normalized spacial score (nSPS) is 17.0.